The zero-order valence-corrected chi connectivity index (χ0v) is 12.5. The van der Waals surface area contributed by atoms with Crippen molar-refractivity contribution in [2.75, 3.05) is 26.7 Å². The van der Waals surface area contributed by atoms with Gasteiger partial charge in [0.05, 0.1) is 12.6 Å². The van der Waals surface area contributed by atoms with Crippen LogP contribution < -0.4 is 10.6 Å². The molecule has 0 aliphatic carbocycles. The second-order valence-electron chi connectivity index (χ2n) is 5.02. The van der Waals surface area contributed by atoms with Crippen molar-refractivity contribution in [1.82, 2.24) is 15.5 Å². The van der Waals surface area contributed by atoms with Crippen molar-refractivity contribution in [3.8, 4) is 0 Å². The molecule has 2 N–H and O–H groups in total. The summed E-state index contributed by atoms with van der Waals surface area (Å²) in [7, 11) is 2.02. The second kappa shape index (κ2) is 7.57. The van der Waals surface area contributed by atoms with Crippen molar-refractivity contribution in [2.24, 2.45) is 0 Å². The van der Waals surface area contributed by atoms with Gasteiger partial charge in [0.15, 0.2) is 0 Å². The molecule has 114 valence electrons. The van der Waals surface area contributed by atoms with Gasteiger partial charge in [0.25, 0.3) is 5.92 Å². The lowest BCUT2D eigenvalue weighted by atomic mass is 10.1. The quantitative estimate of drug-likeness (QED) is 0.817. The Morgan fingerprint density at radius 2 is 2.16 bits per heavy atom. The molecule has 2 atom stereocenters. The van der Waals surface area contributed by atoms with Gasteiger partial charge in [0.1, 0.15) is 0 Å². The van der Waals surface area contributed by atoms with Crippen LogP contribution in [-0.2, 0) is 4.79 Å². The van der Waals surface area contributed by atoms with E-state index in [-0.39, 0.29) is 37.1 Å². The fourth-order valence-corrected chi connectivity index (χ4v) is 2.48. The van der Waals surface area contributed by atoms with Crippen molar-refractivity contribution in [3.05, 3.63) is 0 Å². The summed E-state index contributed by atoms with van der Waals surface area (Å²) in [5, 5.41) is 5.32. The van der Waals surface area contributed by atoms with E-state index < -0.39 is 18.5 Å². The fraction of sp³-hybridized carbons (Fsp3) is 0.909. The van der Waals surface area contributed by atoms with E-state index >= 15 is 0 Å². The highest BCUT2D eigenvalue weighted by molar-refractivity contribution is 5.85. The zero-order valence-electron chi connectivity index (χ0n) is 10.8. The van der Waals surface area contributed by atoms with E-state index in [1.54, 1.807) is 0 Å². The monoisotopic (exact) mass is 319 g/mol. The standard InChI is InChI=1S/C11H19F2N3O.2ClH/c1-16-4-2-3-8(16)6-14-10(17)9-5-11(12,13)7-15-9;;/h8-9,15H,2-7H2,1H3,(H,14,17);2*1H. The first-order chi connectivity index (χ1) is 7.98. The van der Waals surface area contributed by atoms with E-state index in [1.165, 1.54) is 0 Å². The maximum Gasteiger partial charge on any atom is 0.262 e. The Balaban J connectivity index is 0.00000162. The molecule has 19 heavy (non-hydrogen) atoms. The minimum atomic E-state index is -2.74. The minimum absolute atomic E-state index is 0. The number of alkyl halides is 2. The van der Waals surface area contributed by atoms with Gasteiger partial charge in [-0.05, 0) is 26.4 Å². The van der Waals surface area contributed by atoms with Crippen LogP contribution in [0.4, 0.5) is 8.78 Å². The molecule has 2 aliphatic rings. The Kier molecular flexibility index (Phi) is 7.50. The average Bonchev–Trinajstić information content (AvgIpc) is 2.81. The molecule has 0 spiro atoms. The molecule has 2 saturated heterocycles. The van der Waals surface area contributed by atoms with Crippen LogP contribution in [0, 0.1) is 0 Å². The van der Waals surface area contributed by atoms with E-state index in [2.05, 4.69) is 15.5 Å². The highest BCUT2D eigenvalue weighted by Crippen LogP contribution is 2.25. The zero-order chi connectivity index (χ0) is 12.5. The normalized spacial score (nSPS) is 29.4. The molecule has 0 bridgehead atoms. The van der Waals surface area contributed by atoms with E-state index in [9.17, 15) is 13.6 Å². The van der Waals surface area contributed by atoms with E-state index in [0.717, 1.165) is 19.4 Å². The van der Waals surface area contributed by atoms with Crippen molar-refractivity contribution in [1.29, 1.82) is 0 Å². The SMILES string of the molecule is CN1CCCC1CNC(=O)C1CC(F)(F)CN1.Cl.Cl. The van der Waals surface area contributed by atoms with Gasteiger partial charge in [0.2, 0.25) is 5.91 Å². The molecular formula is C11H21Cl2F2N3O. The van der Waals surface area contributed by atoms with Crippen LogP contribution in [0.5, 0.6) is 0 Å². The third kappa shape index (κ3) is 5.02. The van der Waals surface area contributed by atoms with E-state index in [1.807, 2.05) is 7.05 Å². The van der Waals surface area contributed by atoms with Crippen molar-refractivity contribution in [2.45, 2.75) is 37.3 Å². The van der Waals surface area contributed by atoms with Gasteiger partial charge >= 0.3 is 0 Å². The number of likely N-dealkylation sites (tertiary alicyclic amines) is 1. The van der Waals surface area contributed by atoms with Crippen LogP contribution in [0.3, 0.4) is 0 Å². The van der Waals surface area contributed by atoms with Crippen LogP contribution in [0.1, 0.15) is 19.3 Å². The number of likely N-dealkylation sites (N-methyl/N-ethyl adjacent to an activating group) is 1. The lowest BCUT2D eigenvalue weighted by Crippen LogP contribution is -2.45. The highest BCUT2D eigenvalue weighted by atomic mass is 35.5. The number of hydrogen-bond donors (Lipinski definition) is 2. The van der Waals surface area contributed by atoms with Gasteiger partial charge in [-0.25, -0.2) is 8.78 Å². The Morgan fingerprint density at radius 3 is 2.63 bits per heavy atom. The van der Waals surface area contributed by atoms with Gasteiger partial charge in [-0.15, -0.1) is 24.8 Å². The van der Waals surface area contributed by atoms with Crippen molar-refractivity contribution >= 4 is 30.7 Å². The van der Waals surface area contributed by atoms with Crippen molar-refractivity contribution in [3.63, 3.8) is 0 Å². The lowest BCUT2D eigenvalue weighted by Gasteiger charge is -2.20. The van der Waals surface area contributed by atoms with E-state index in [0.29, 0.717) is 12.6 Å². The summed E-state index contributed by atoms with van der Waals surface area (Å²) in [6.45, 7) is 1.20. The first kappa shape index (κ1) is 18.8. The molecule has 4 nitrogen and oxygen atoms in total. The number of rotatable bonds is 3. The maximum absolute atomic E-state index is 12.9. The highest BCUT2D eigenvalue weighted by Gasteiger charge is 2.42. The molecule has 2 aliphatic heterocycles. The number of carbonyl (C=O) groups is 1. The van der Waals surface area contributed by atoms with Gasteiger partial charge in [-0.1, -0.05) is 0 Å². The molecule has 0 aromatic carbocycles. The van der Waals surface area contributed by atoms with Crippen LogP contribution in [0.15, 0.2) is 0 Å². The van der Waals surface area contributed by atoms with Crippen LogP contribution in [0.25, 0.3) is 0 Å². The fourth-order valence-electron chi connectivity index (χ4n) is 2.48. The smallest absolute Gasteiger partial charge is 0.262 e. The summed E-state index contributed by atoms with van der Waals surface area (Å²) in [4.78, 5) is 13.9. The molecule has 8 heteroatoms. The summed E-state index contributed by atoms with van der Waals surface area (Å²) in [5.41, 5.74) is 0. The van der Waals surface area contributed by atoms with Crippen LogP contribution in [0.2, 0.25) is 0 Å². The first-order valence-electron chi connectivity index (χ1n) is 6.07. The number of amides is 1. The Labute approximate surface area is 124 Å². The largest absolute Gasteiger partial charge is 0.353 e. The number of nitrogens with one attached hydrogen (secondary N) is 2. The number of halogens is 4. The Bertz CT molecular complexity index is 308. The molecular weight excluding hydrogens is 299 g/mol. The first-order valence-corrected chi connectivity index (χ1v) is 6.07. The van der Waals surface area contributed by atoms with Gasteiger partial charge in [-0.3, -0.25) is 10.1 Å². The second-order valence-corrected chi connectivity index (χ2v) is 5.02. The minimum Gasteiger partial charge on any atom is -0.353 e. The summed E-state index contributed by atoms with van der Waals surface area (Å²) in [6, 6.07) is -0.391. The summed E-state index contributed by atoms with van der Waals surface area (Å²) >= 11 is 0. The van der Waals surface area contributed by atoms with Crippen LogP contribution >= 0.6 is 24.8 Å². The molecule has 0 aromatic heterocycles. The van der Waals surface area contributed by atoms with Gasteiger partial charge in [-0.2, -0.15) is 0 Å². The molecule has 0 saturated carbocycles. The Hall–Kier alpha value is -0.170. The molecule has 0 radical (unpaired) electrons. The summed E-state index contributed by atoms with van der Waals surface area (Å²) in [6.07, 6.45) is 1.81. The molecule has 0 aromatic rings. The van der Waals surface area contributed by atoms with Gasteiger partial charge in [0, 0.05) is 19.0 Å². The Morgan fingerprint density at radius 1 is 1.47 bits per heavy atom. The third-order valence-electron chi connectivity index (χ3n) is 3.61. The molecule has 1 amide bonds. The maximum atomic E-state index is 12.9. The molecule has 2 heterocycles. The predicted molar refractivity (Wildman–Crippen MR) is 74.5 cm³/mol. The van der Waals surface area contributed by atoms with Gasteiger partial charge < -0.3 is 10.2 Å². The molecule has 2 unspecified atom stereocenters. The predicted octanol–water partition coefficient (Wildman–Crippen LogP) is 1.04. The number of nitrogens with zero attached hydrogens (tertiary/aromatic N) is 1. The third-order valence-corrected chi connectivity index (χ3v) is 3.61. The molecule has 2 fully saturated rings. The topological polar surface area (TPSA) is 44.4 Å². The lowest BCUT2D eigenvalue weighted by molar-refractivity contribution is -0.123. The summed E-state index contributed by atoms with van der Waals surface area (Å²) < 4.78 is 25.8. The number of hydrogen-bond acceptors (Lipinski definition) is 3. The van der Waals surface area contributed by atoms with Crippen molar-refractivity contribution < 1.29 is 13.6 Å². The molecule has 2 rings (SSSR count). The number of carbonyl (C=O) groups excluding carboxylic acids is 1. The van der Waals surface area contributed by atoms with E-state index in [4.69, 9.17) is 0 Å². The summed E-state index contributed by atoms with van der Waals surface area (Å²) in [5.74, 6) is -3.05. The van der Waals surface area contributed by atoms with Crippen LogP contribution in [-0.4, -0.2) is 55.5 Å². The average molecular weight is 320 g/mol.